The molecule has 2 unspecified atom stereocenters. The summed E-state index contributed by atoms with van der Waals surface area (Å²) in [7, 11) is 0. The zero-order valence-electron chi connectivity index (χ0n) is 19.4. The van der Waals surface area contributed by atoms with Gasteiger partial charge in [-0.15, -0.1) is 0 Å². The highest BCUT2D eigenvalue weighted by atomic mass is 16.5. The van der Waals surface area contributed by atoms with Gasteiger partial charge in [0, 0.05) is 18.4 Å². The summed E-state index contributed by atoms with van der Waals surface area (Å²) in [5, 5.41) is 15.0. The van der Waals surface area contributed by atoms with Crippen LogP contribution in [0.1, 0.15) is 42.7 Å². The van der Waals surface area contributed by atoms with E-state index >= 15 is 0 Å². The van der Waals surface area contributed by atoms with E-state index in [0.717, 1.165) is 12.8 Å². The SMILES string of the molecule is O=C(C[C@H]1CC[C@@H](NC(=O)OCC2c3ccccc3-c3ccccc32)C1)NC1COCC1C(=O)O. The summed E-state index contributed by atoms with van der Waals surface area (Å²) in [4.78, 5) is 36.2. The Kier molecular flexibility index (Phi) is 6.72. The number of amides is 2. The molecule has 2 aromatic rings. The molecule has 1 saturated heterocycles. The minimum absolute atomic E-state index is 0.0161. The highest BCUT2D eigenvalue weighted by molar-refractivity contribution is 5.79. The number of carboxylic acids is 1. The van der Waals surface area contributed by atoms with Gasteiger partial charge in [0.2, 0.25) is 5.91 Å². The molecule has 1 aliphatic heterocycles. The molecule has 0 spiro atoms. The van der Waals surface area contributed by atoms with Crippen molar-refractivity contribution in [2.24, 2.45) is 11.8 Å². The topological polar surface area (TPSA) is 114 Å². The summed E-state index contributed by atoms with van der Waals surface area (Å²) in [6.07, 6.45) is 2.18. The Bertz CT molecular complexity index is 1070. The van der Waals surface area contributed by atoms with Crippen molar-refractivity contribution < 1.29 is 29.0 Å². The Morgan fingerprint density at radius 3 is 2.31 bits per heavy atom. The molecule has 184 valence electrons. The maximum absolute atomic E-state index is 12.6. The van der Waals surface area contributed by atoms with Crippen molar-refractivity contribution >= 4 is 18.0 Å². The standard InChI is InChI=1S/C27H30N2O6/c30-25(29-24-15-34-13-23(24)26(31)32)12-16-9-10-17(11-16)28-27(33)35-14-22-20-7-3-1-5-18(20)19-6-2-4-8-21(19)22/h1-8,16-17,22-24H,9-15H2,(H,28,33)(H,29,30)(H,31,32)/t16-,17+,23?,24?/m0/s1. The van der Waals surface area contributed by atoms with E-state index in [0.29, 0.717) is 12.8 Å². The summed E-state index contributed by atoms with van der Waals surface area (Å²) in [6, 6.07) is 15.9. The normalized spacial score (nSPS) is 25.0. The number of benzene rings is 2. The number of hydrogen-bond donors (Lipinski definition) is 3. The highest BCUT2D eigenvalue weighted by Gasteiger charge is 2.36. The lowest BCUT2D eigenvalue weighted by molar-refractivity contribution is -0.142. The molecule has 8 heteroatoms. The van der Waals surface area contributed by atoms with Crippen LogP contribution in [0.2, 0.25) is 0 Å². The van der Waals surface area contributed by atoms with Gasteiger partial charge in [-0.25, -0.2) is 4.79 Å². The number of carbonyl (C=O) groups is 3. The Balaban J connectivity index is 1.09. The largest absolute Gasteiger partial charge is 0.481 e. The monoisotopic (exact) mass is 478 g/mol. The second-order valence-corrected chi connectivity index (χ2v) is 9.71. The zero-order valence-corrected chi connectivity index (χ0v) is 19.4. The second-order valence-electron chi connectivity index (χ2n) is 9.71. The van der Waals surface area contributed by atoms with Gasteiger partial charge in [0.25, 0.3) is 0 Å². The van der Waals surface area contributed by atoms with Crippen LogP contribution in [0.25, 0.3) is 11.1 Å². The number of hydrogen-bond acceptors (Lipinski definition) is 5. The van der Waals surface area contributed by atoms with Crippen molar-refractivity contribution in [1.82, 2.24) is 10.6 Å². The van der Waals surface area contributed by atoms with Crippen LogP contribution in [-0.4, -0.2) is 55.0 Å². The average Bonchev–Trinajstić information content (AvgIpc) is 3.56. The van der Waals surface area contributed by atoms with Gasteiger partial charge in [-0.2, -0.15) is 0 Å². The molecule has 8 nitrogen and oxygen atoms in total. The third kappa shape index (κ3) is 5.03. The molecule has 4 atom stereocenters. The zero-order chi connectivity index (χ0) is 24.4. The lowest BCUT2D eigenvalue weighted by Gasteiger charge is -2.18. The smallest absolute Gasteiger partial charge is 0.407 e. The van der Waals surface area contributed by atoms with Crippen molar-refractivity contribution in [3.63, 3.8) is 0 Å². The van der Waals surface area contributed by atoms with E-state index in [2.05, 4.69) is 34.9 Å². The molecule has 0 bridgehead atoms. The Morgan fingerprint density at radius 1 is 0.943 bits per heavy atom. The number of fused-ring (bicyclic) bond motifs is 3. The van der Waals surface area contributed by atoms with Crippen molar-refractivity contribution in [3.05, 3.63) is 59.7 Å². The molecule has 2 aromatic carbocycles. The first-order valence-electron chi connectivity index (χ1n) is 12.2. The van der Waals surface area contributed by atoms with Gasteiger partial charge >= 0.3 is 12.1 Å². The number of nitrogens with one attached hydrogen (secondary N) is 2. The maximum atomic E-state index is 12.6. The number of rotatable bonds is 7. The summed E-state index contributed by atoms with van der Waals surface area (Å²) in [5.41, 5.74) is 4.72. The van der Waals surface area contributed by atoms with E-state index in [1.54, 1.807) is 0 Å². The van der Waals surface area contributed by atoms with Gasteiger partial charge in [-0.3, -0.25) is 9.59 Å². The third-order valence-corrected chi connectivity index (χ3v) is 7.43. The summed E-state index contributed by atoms with van der Waals surface area (Å²) in [6.45, 7) is 0.613. The third-order valence-electron chi connectivity index (χ3n) is 7.43. The Hall–Kier alpha value is -3.39. The van der Waals surface area contributed by atoms with Gasteiger partial charge in [0.1, 0.15) is 12.5 Å². The van der Waals surface area contributed by atoms with E-state index in [4.69, 9.17) is 9.47 Å². The predicted octanol–water partition coefficient (Wildman–Crippen LogP) is 3.30. The van der Waals surface area contributed by atoms with Crippen molar-refractivity contribution in [2.75, 3.05) is 19.8 Å². The minimum atomic E-state index is -0.957. The van der Waals surface area contributed by atoms with Crippen LogP contribution in [-0.2, 0) is 19.1 Å². The average molecular weight is 479 g/mol. The molecule has 0 radical (unpaired) electrons. The Labute approximate surface area is 204 Å². The first-order valence-corrected chi connectivity index (χ1v) is 12.2. The Morgan fingerprint density at radius 2 is 1.63 bits per heavy atom. The van der Waals surface area contributed by atoms with E-state index < -0.39 is 24.0 Å². The molecule has 2 amide bonds. The predicted molar refractivity (Wildman–Crippen MR) is 128 cm³/mol. The molecule has 3 N–H and O–H groups in total. The number of alkyl carbamates (subject to hydrolysis) is 1. The van der Waals surface area contributed by atoms with Gasteiger partial charge in [0.15, 0.2) is 0 Å². The fourth-order valence-corrected chi connectivity index (χ4v) is 5.67. The van der Waals surface area contributed by atoms with Gasteiger partial charge in [0.05, 0.1) is 19.3 Å². The molecule has 3 aliphatic rings. The molecule has 2 fully saturated rings. The van der Waals surface area contributed by atoms with E-state index in [1.165, 1.54) is 22.3 Å². The molecule has 1 heterocycles. The number of aliphatic carboxylic acids is 1. The van der Waals surface area contributed by atoms with Crippen LogP contribution in [0.3, 0.4) is 0 Å². The van der Waals surface area contributed by atoms with Crippen LogP contribution in [0.15, 0.2) is 48.5 Å². The van der Waals surface area contributed by atoms with Crippen LogP contribution in [0.4, 0.5) is 4.79 Å². The summed E-state index contributed by atoms with van der Waals surface area (Å²) >= 11 is 0. The minimum Gasteiger partial charge on any atom is -0.481 e. The fraction of sp³-hybridized carbons (Fsp3) is 0.444. The van der Waals surface area contributed by atoms with E-state index in [9.17, 15) is 19.5 Å². The lowest BCUT2D eigenvalue weighted by atomic mass is 9.98. The van der Waals surface area contributed by atoms with E-state index in [-0.39, 0.29) is 43.6 Å². The molecule has 1 saturated carbocycles. The lowest BCUT2D eigenvalue weighted by Crippen LogP contribution is -2.43. The van der Waals surface area contributed by atoms with Crippen LogP contribution in [0.5, 0.6) is 0 Å². The molecule has 2 aliphatic carbocycles. The number of carboxylic acid groups (broad SMARTS) is 1. The summed E-state index contributed by atoms with van der Waals surface area (Å²) in [5.74, 6) is -1.67. The molecule has 35 heavy (non-hydrogen) atoms. The number of carbonyl (C=O) groups excluding carboxylic acids is 2. The molecular formula is C27H30N2O6. The van der Waals surface area contributed by atoms with Crippen molar-refractivity contribution in [3.8, 4) is 11.1 Å². The maximum Gasteiger partial charge on any atom is 0.407 e. The quantitative estimate of drug-likeness (QED) is 0.563. The van der Waals surface area contributed by atoms with Gasteiger partial charge in [-0.05, 0) is 47.4 Å². The molecule has 5 rings (SSSR count). The highest BCUT2D eigenvalue weighted by Crippen LogP contribution is 2.44. The van der Waals surface area contributed by atoms with Gasteiger partial charge < -0.3 is 25.2 Å². The second kappa shape index (κ2) is 10.1. The van der Waals surface area contributed by atoms with Crippen LogP contribution >= 0.6 is 0 Å². The number of ether oxygens (including phenoxy) is 2. The first-order chi connectivity index (χ1) is 17.0. The fourth-order valence-electron chi connectivity index (χ4n) is 5.67. The molecular weight excluding hydrogens is 448 g/mol. The van der Waals surface area contributed by atoms with Crippen molar-refractivity contribution in [1.29, 1.82) is 0 Å². The summed E-state index contributed by atoms with van der Waals surface area (Å²) < 4.78 is 10.8. The molecule has 0 aromatic heterocycles. The van der Waals surface area contributed by atoms with E-state index in [1.807, 2.05) is 24.3 Å². The van der Waals surface area contributed by atoms with Gasteiger partial charge in [-0.1, -0.05) is 48.5 Å². The first kappa shape index (κ1) is 23.4. The van der Waals surface area contributed by atoms with Crippen LogP contribution < -0.4 is 10.6 Å². The van der Waals surface area contributed by atoms with Crippen molar-refractivity contribution in [2.45, 2.75) is 43.7 Å². The van der Waals surface area contributed by atoms with Crippen LogP contribution in [0, 0.1) is 11.8 Å².